The number of aromatic nitrogens is 1. The van der Waals surface area contributed by atoms with Crippen LogP contribution in [0.4, 0.5) is 11.4 Å². The molecule has 0 bridgehead atoms. The van der Waals surface area contributed by atoms with Gasteiger partial charge in [-0.2, -0.15) is 0 Å². The Bertz CT molecular complexity index is 979. The summed E-state index contributed by atoms with van der Waals surface area (Å²) in [5.74, 6) is -0.359. The van der Waals surface area contributed by atoms with Crippen LogP contribution in [0, 0.1) is 0 Å². The molecule has 0 aliphatic carbocycles. The number of anilines is 2. The molecule has 1 aromatic heterocycles. The molecule has 3 rings (SSSR count). The van der Waals surface area contributed by atoms with Gasteiger partial charge in [-0.15, -0.1) is 0 Å². The topological polar surface area (TPSA) is 65.2 Å². The van der Waals surface area contributed by atoms with Crippen LogP contribution in [0.1, 0.15) is 10.4 Å². The Morgan fingerprint density at radius 2 is 1.88 bits per heavy atom. The molecule has 0 fully saturated rings. The highest BCUT2D eigenvalue weighted by atomic mass is 35.5. The van der Waals surface area contributed by atoms with Crippen molar-refractivity contribution < 1.29 is 4.79 Å². The SMILES string of the molecule is CN(C)c1ccc(Cl)cc1NC(=O)c1cc(=O)[nH]c2ccccc12. The van der Waals surface area contributed by atoms with Crippen LogP contribution < -0.4 is 15.8 Å². The number of fused-ring (bicyclic) bond motifs is 1. The first-order valence-electron chi connectivity index (χ1n) is 7.36. The third kappa shape index (κ3) is 3.12. The summed E-state index contributed by atoms with van der Waals surface area (Å²) in [5.41, 5.74) is 2.02. The number of H-pyrrole nitrogens is 1. The standard InChI is InChI=1S/C18H16ClN3O2/c1-22(2)16-8-7-11(19)9-15(16)21-18(24)13-10-17(23)20-14-6-4-3-5-12(13)14/h3-10H,1-2H3,(H,20,23)(H,21,24). The van der Waals surface area contributed by atoms with Crippen LogP contribution in [0.5, 0.6) is 0 Å². The summed E-state index contributed by atoms with van der Waals surface area (Å²) >= 11 is 6.05. The van der Waals surface area contributed by atoms with Gasteiger partial charge in [0.2, 0.25) is 5.56 Å². The van der Waals surface area contributed by atoms with Crippen molar-refractivity contribution in [3.05, 3.63) is 69.5 Å². The average Bonchev–Trinajstić information content (AvgIpc) is 2.53. The van der Waals surface area contributed by atoms with Gasteiger partial charge in [0.15, 0.2) is 0 Å². The molecule has 6 heteroatoms. The molecular formula is C18H16ClN3O2. The van der Waals surface area contributed by atoms with Crippen molar-refractivity contribution in [2.24, 2.45) is 0 Å². The molecule has 0 aliphatic heterocycles. The maximum atomic E-state index is 12.7. The van der Waals surface area contributed by atoms with Crippen molar-refractivity contribution >= 4 is 39.8 Å². The van der Waals surface area contributed by atoms with Gasteiger partial charge in [-0.25, -0.2) is 0 Å². The Morgan fingerprint density at radius 1 is 1.12 bits per heavy atom. The molecule has 0 saturated heterocycles. The minimum atomic E-state index is -0.359. The lowest BCUT2D eigenvalue weighted by Crippen LogP contribution is -2.19. The van der Waals surface area contributed by atoms with Crippen molar-refractivity contribution in [3.63, 3.8) is 0 Å². The van der Waals surface area contributed by atoms with E-state index in [0.717, 1.165) is 5.69 Å². The van der Waals surface area contributed by atoms with Gasteiger partial charge in [0.25, 0.3) is 5.91 Å². The maximum absolute atomic E-state index is 12.7. The first kappa shape index (κ1) is 16.1. The monoisotopic (exact) mass is 341 g/mol. The van der Waals surface area contributed by atoms with E-state index in [-0.39, 0.29) is 11.5 Å². The lowest BCUT2D eigenvalue weighted by Gasteiger charge is -2.18. The predicted octanol–water partition coefficient (Wildman–Crippen LogP) is 3.50. The Labute approximate surface area is 143 Å². The van der Waals surface area contributed by atoms with E-state index in [1.165, 1.54) is 6.07 Å². The van der Waals surface area contributed by atoms with E-state index in [2.05, 4.69) is 10.3 Å². The zero-order valence-electron chi connectivity index (χ0n) is 13.3. The molecule has 0 spiro atoms. The Balaban J connectivity index is 2.06. The summed E-state index contributed by atoms with van der Waals surface area (Å²) < 4.78 is 0. The second kappa shape index (κ2) is 6.37. The van der Waals surface area contributed by atoms with Gasteiger partial charge in [-0.1, -0.05) is 29.8 Å². The number of para-hydroxylation sites is 1. The van der Waals surface area contributed by atoms with Crippen LogP contribution in [0.2, 0.25) is 5.02 Å². The molecular weight excluding hydrogens is 326 g/mol. The largest absolute Gasteiger partial charge is 0.376 e. The highest BCUT2D eigenvalue weighted by Crippen LogP contribution is 2.28. The molecule has 122 valence electrons. The zero-order valence-corrected chi connectivity index (χ0v) is 14.0. The van der Waals surface area contributed by atoms with Crippen molar-refractivity contribution in [1.82, 2.24) is 4.98 Å². The average molecular weight is 342 g/mol. The molecule has 1 amide bonds. The van der Waals surface area contributed by atoms with E-state index < -0.39 is 0 Å². The van der Waals surface area contributed by atoms with Crippen molar-refractivity contribution in [2.45, 2.75) is 0 Å². The van der Waals surface area contributed by atoms with E-state index in [1.54, 1.807) is 30.3 Å². The Hall–Kier alpha value is -2.79. The smallest absolute Gasteiger partial charge is 0.256 e. The molecule has 3 aromatic rings. The molecule has 0 radical (unpaired) electrons. The van der Waals surface area contributed by atoms with Gasteiger partial charge in [0, 0.05) is 36.1 Å². The predicted molar refractivity (Wildman–Crippen MR) is 98.3 cm³/mol. The molecule has 5 nitrogen and oxygen atoms in total. The number of aromatic amines is 1. The number of nitrogens with one attached hydrogen (secondary N) is 2. The van der Waals surface area contributed by atoms with Crippen molar-refractivity contribution in [1.29, 1.82) is 0 Å². The van der Waals surface area contributed by atoms with Gasteiger partial charge in [-0.05, 0) is 24.3 Å². The Kier molecular flexibility index (Phi) is 4.27. The van der Waals surface area contributed by atoms with E-state index >= 15 is 0 Å². The maximum Gasteiger partial charge on any atom is 0.256 e. The first-order chi connectivity index (χ1) is 11.5. The van der Waals surface area contributed by atoms with E-state index in [9.17, 15) is 9.59 Å². The number of benzene rings is 2. The zero-order chi connectivity index (χ0) is 17.3. The summed E-state index contributed by atoms with van der Waals surface area (Å²) in [7, 11) is 3.75. The summed E-state index contributed by atoms with van der Waals surface area (Å²) in [6, 6.07) is 13.8. The van der Waals surface area contributed by atoms with Crippen LogP contribution in [0.25, 0.3) is 10.9 Å². The van der Waals surface area contributed by atoms with Gasteiger partial charge >= 0.3 is 0 Å². The van der Waals surface area contributed by atoms with Crippen LogP contribution in [-0.2, 0) is 0 Å². The first-order valence-corrected chi connectivity index (χ1v) is 7.74. The number of carbonyl (C=O) groups excluding carboxylic acids is 1. The molecule has 2 aromatic carbocycles. The minimum Gasteiger partial charge on any atom is -0.376 e. The summed E-state index contributed by atoms with van der Waals surface area (Å²) in [6.07, 6.45) is 0. The molecule has 0 aliphatic rings. The summed E-state index contributed by atoms with van der Waals surface area (Å²) in [5, 5.41) is 4.05. The van der Waals surface area contributed by atoms with Gasteiger partial charge in [0.05, 0.1) is 16.9 Å². The van der Waals surface area contributed by atoms with Gasteiger partial charge < -0.3 is 15.2 Å². The van der Waals surface area contributed by atoms with Crippen molar-refractivity contribution in [3.8, 4) is 0 Å². The minimum absolute atomic E-state index is 0.319. The molecule has 2 N–H and O–H groups in total. The Morgan fingerprint density at radius 3 is 2.62 bits per heavy atom. The van der Waals surface area contributed by atoms with Crippen LogP contribution in [-0.4, -0.2) is 25.0 Å². The summed E-state index contributed by atoms with van der Waals surface area (Å²) in [6.45, 7) is 0. The quantitative estimate of drug-likeness (QED) is 0.766. The highest BCUT2D eigenvalue weighted by molar-refractivity contribution is 6.31. The third-order valence-electron chi connectivity index (χ3n) is 3.68. The fourth-order valence-electron chi connectivity index (χ4n) is 2.58. The van der Waals surface area contributed by atoms with E-state index in [0.29, 0.717) is 27.2 Å². The number of hydrogen-bond donors (Lipinski definition) is 2. The lowest BCUT2D eigenvalue weighted by molar-refractivity contribution is 0.102. The number of carbonyl (C=O) groups is 1. The molecule has 1 heterocycles. The number of hydrogen-bond acceptors (Lipinski definition) is 3. The summed E-state index contributed by atoms with van der Waals surface area (Å²) in [4.78, 5) is 29.2. The van der Waals surface area contributed by atoms with Gasteiger partial charge in [0.1, 0.15) is 0 Å². The number of rotatable bonds is 3. The second-order valence-corrected chi connectivity index (χ2v) is 6.04. The van der Waals surface area contributed by atoms with Gasteiger partial charge in [-0.3, -0.25) is 9.59 Å². The number of halogens is 1. The fourth-order valence-corrected chi connectivity index (χ4v) is 2.75. The van der Waals surface area contributed by atoms with E-state index in [1.807, 2.05) is 31.1 Å². The molecule has 24 heavy (non-hydrogen) atoms. The van der Waals surface area contributed by atoms with Crippen LogP contribution >= 0.6 is 11.6 Å². The van der Waals surface area contributed by atoms with Crippen LogP contribution in [0.3, 0.4) is 0 Å². The molecule has 0 saturated carbocycles. The van der Waals surface area contributed by atoms with Crippen LogP contribution in [0.15, 0.2) is 53.3 Å². The van der Waals surface area contributed by atoms with E-state index in [4.69, 9.17) is 11.6 Å². The molecule has 0 atom stereocenters. The lowest BCUT2D eigenvalue weighted by atomic mass is 10.1. The van der Waals surface area contributed by atoms with Crippen molar-refractivity contribution in [2.75, 3.05) is 24.3 Å². The fraction of sp³-hybridized carbons (Fsp3) is 0.111. The number of pyridine rings is 1. The number of nitrogens with zero attached hydrogens (tertiary/aromatic N) is 1. The molecule has 0 unspecified atom stereocenters. The second-order valence-electron chi connectivity index (χ2n) is 5.60. The highest BCUT2D eigenvalue weighted by Gasteiger charge is 2.14. The number of amides is 1. The third-order valence-corrected chi connectivity index (χ3v) is 3.92. The normalized spacial score (nSPS) is 10.6.